The van der Waals surface area contributed by atoms with E-state index in [0.717, 1.165) is 11.3 Å². The van der Waals surface area contributed by atoms with Gasteiger partial charge in [-0.2, -0.15) is 0 Å². The maximum atomic E-state index is 11.7. The van der Waals surface area contributed by atoms with E-state index in [2.05, 4.69) is 5.32 Å². The minimum Gasteiger partial charge on any atom is -0.491 e. The number of imide groups is 1. The number of hydrogen-bond donors (Lipinski definition) is 1. The van der Waals surface area contributed by atoms with Gasteiger partial charge in [-0.3, -0.25) is 10.1 Å². The Labute approximate surface area is 98.4 Å². The number of nitrogens with one attached hydrogen (secondary N) is 1. The van der Waals surface area contributed by atoms with Crippen LogP contribution in [0.5, 0.6) is 5.75 Å². The molecule has 1 fully saturated rings. The van der Waals surface area contributed by atoms with Crippen molar-refractivity contribution in [3.63, 3.8) is 0 Å². The molecule has 5 nitrogen and oxygen atoms in total. The molecule has 0 radical (unpaired) electrons. The van der Waals surface area contributed by atoms with E-state index < -0.39 is 0 Å². The van der Waals surface area contributed by atoms with Crippen molar-refractivity contribution in [2.75, 3.05) is 13.2 Å². The van der Waals surface area contributed by atoms with E-state index in [4.69, 9.17) is 4.74 Å². The fourth-order valence-corrected chi connectivity index (χ4v) is 2.28. The smallest absolute Gasteiger partial charge is 0.324 e. The van der Waals surface area contributed by atoms with Crippen molar-refractivity contribution >= 4 is 11.9 Å². The molecule has 2 aliphatic rings. The van der Waals surface area contributed by atoms with Crippen molar-refractivity contribution in [3.05, 3.63) is 29.8 Å². The summed E-state index contributed by atoms with van der Waals surface area (Å²) in [6.07, 6.45) is 0.352. The molecule has 1 N–H and O–H groups in total. The number of carbonyl (C=O) groups excluding carboxylic acids is 2. The molecule has 0 aromatic heterocycles. The molecule has 88 valence electrons. The van der Waals surface area contributed by atoms with Crippen LogP contribution < -0.4 is 10.1 Å². The average Bonchev–Trinajstić information content (AvgIpc) is 2.73. The Bertz CT molecular complexity index is 486. The van der Waals surface area contributed by atoms with E-state index in [1.165, 1.54) is 0 Å². The van der Waals surface area contributed by atoms with Crippen LogP contribution in [0, 0.1) is 0 Å². The predicted octanol–water partition coefficient (Wildman–Crippen LogP) is 1.06. The van der Waals surface area contributed by atoms with Crippen LogP contribution in [0.15, 0.2) is 24.3 Å². The number of ether oxygens (including phenoxy) is 1. The van der Waals surface area contributed by atoms with Crippen LogP contribution in [0.25, 0.3) is 0 Å². The molecule has 1 aromatic rings. The van der Waals surface area contributed by atoms with Gasteiger partial charge >= 0.3 is 6.03 Å². The summed E-state index contributed by atoms with van der Waals surface area (Å²) in [6.45, 7) is 0.911. The van der Waals surface area contributed by atoms with Gasteiger partial charge in [0.05, 0.1) is 6.04 Å². The summed E-state index contributed by atoms with van der Waals surface area (Å²) in [6, 6.07) is 7.26. The first-order valence-corrected chi connectivity index (χ1v) is 5.58. The Kier molecular flexibility index (Phi) is 2.24. The Morgan fingerprint density at radius 3 is 2.94 bits per heavy atom. The van der Waals surface area contributed by atoms with Gasteiger partial charge in [0.25, 0.3) is 0 Å². The van der Waals surface area contributed by atoms with Gasteiger partial charge < -0.3 is 9.64 Å². The molecule has 3 amide bonds. The molecular formula is C12H12N2O3. The van der Waals surface area contributed by atoms with Gasteiger partial charge in [0, 0.05) is 18.5 Å². The van der Waals surface area contributed by atoms with Gasteiger partial charge in [-0.25, -0.2) is 4.79 Å². The van der Waals surface area contributed by atoms with E-state index in [9.17, 15) is 9.59 Å². The summed E-state index contributed by atoms with van der Waals surface area (Å²) < 4.78 is 5.53. The largest absolute Gasteiger partial charge is 0.491 e. The van der Waals surface area contributed by atoms with Crippen LogP contribution in [0.3, 0.4) is 0 Å². The molecule has 0 bridgehead atoms. The topological polar surface area (TPSA) is 58.6 Å². The van der Waals surface area contributed by atoms with Crippen molar-refractivity contribution in [2.24, 2.45) is 0 Å². The van der Waals surface area contributed by atoms with E-state index in [1.54, 1.807) is 4.90 Å². The monoisotopic (exact) mass is 232 g/mol. The number of nitrogens with zero attached hydrogens (tertiary/aromatic N) is 1. The third-order valence-electron chi connectivity index (χ3n) is 3.14. The number of fused-ring (bicyclic) bond motifs is 1. The van der Waals surface area contributed by atoms with Gasteiger partial charge in [-0.15, -0.1) is 0 Å². The number of amides is 3. The molecule has 1 aromatic carbocycles. The Morgan fingerprint density at radius 2 is 2.12 bits per heavy atom. The zero-order chi connectivity index (χ0) is 11.8. The first-order valence-electron chi connectivity index (χ1n) is 5.58. The SMILES string of the molecule is O=C1CCN(C2COc3ccccc32)C(=O)N1. The highest BCUT2D eigenvalue weighted by Crippen LogP contribution is 2.36. The zero-order valence-corrected chi connectivity index (χ0v) is 9.18. The van der Waals surface area contributed by atoms with Crippen LogP contribution >= 0.6 is 0 Å². The summed E-state index contributed by atoms with van der Waals surface area (Å²) in [5.74, 6) is 0.612. The molecule has 1 atom stereocenters. The Morgan fingerprint density at radius 1 is 1.29 bits per heavy atom. The van der Waals surface area contributed by atoms with Crippen molar-refractivity contribution < 1.29 is 14.3 Å². The average molecular weight is 232 g/mol. The standard InChI is InChI=1S/C12H12N2O3/c15-11-5-6-14(12(16)13-11)9-7-17-10-4-2-1-3-8(9)10/h1-4,9H,5-7H2,(H,13,15,16). The van der Waals surface area contributed by atoms with Crippen molar-refractivity contribution in [2.45, 2.75) is 12.5 Å². The van der Waals surface area contributed by atoms with E-state index in [0.29, 0.717) is 19.6 Å². The van der Waals surface area contributed by atoms with E-state index in [-0.39, 0.29) is 18.0 Å². The molecule has 2 heterocycles. The third kappa shape index (κ3) is 1.63. The lowest BCUT2D eigenvalue weighted by molar-refractivity contribution is -0.121. The van der Waals surface area contributed by atoms with Crippen LogP contribution in [-0.2, 0) is 4.79 Å². The van der Waals surface area contributed by atoms with E-state index in [1.807, 2.05) is 24.3 Å². The van der Waals surface area contributed by atoms with Gasteiger partial charge in [-0.05, 0) is 6.07 Å². The van der Waals surface area contributed by atoms with Crippen molar-refractivity contribution in [3.8, 4) is 5.75 Å². The number of para-hydroxylation sites is 1. The summed E-state index contributed by atoms with van der Waals surface area (Å²) >= 11 is 0. The molecule has 0 aliphatic carbocycles. The zero-order valence-electron chi connectivity index (χ0n) is 9.18. The molecule has 2 aliphatic heterocycles. The summed E-state index contributed by atoms with van der Waals surface area (Å²) in [5, 5.41) is 2.33. The molecule has 0 spiro atoms. The fourth-order valence-electron chi connectivity index (χ4n) is 2.28. The van der Waals surface area contributed by atoms with Crippen molar-refractivity contribution in [1.29, 1.82) is 0 Å². The normalized spacial score (nSPS) is 23.1. The van der Waals surface area contributed by atoms with Crippen LogP contribution in [-0.4, -0.2) is 30.0 Å². The number of hydrogen-bond acceptors (Lipinski definition) is 3. The lowest BCUT2D eigenvalue weighted by Crippen LogP contribution is -2.51. The second-order valence-corrected chi connectivity index (χ2v) is 4.16. The maximum Gasteiger partial charge on any atom is 0.324 e. The number of rotatable bonds is 1. The van der Waals surface area contributed by atoms with E-state index >= 15 is 0 Å². The highest BCUT2D eigenvalue weighted by molar-refractivity contribution is 5.96. The maximum absolute atomic E-state index is 11.7. The molecule has 1 unspecified atom stereocenters. The molecule has 17 heavy (non-hydrogen) atoms. The minimum absolute atomic E-state index is 0.0840. The summed E-state index contributed by atoms with van der Waals surface area (Å²) in [5.41, 5.74) is 1.01. The van der Waals surface area contributed by atoms with Gasteiger partial charge in [0.15, 0.2) is 0 Å². The molecule has 3 rings (SSSR count). The Hall–Kier alpha value is -2.04. The lowest BCUT2D eigenvalue weighted by Gasteiger charge is -2.31. The Balaban J connectivity index is 1.87. The number of carbonyl (C=O) groups is 2. The summed E-state index contributed by atoms with van der Waals surface area (Å²) in [4.78, 5) is 24.5. The first-order chi connectivity index (χ1) is 8.25. The lowest BCUT2D eigenvalue weighted by atomic mass is 10.1. The quantitative estimate of drug-likeness (QED) is 0.787. The number of urea groups is 1. The summed E-state index contributed by atoms with van der Waals surface area (Å²) in [7, 11) is 0. The number of benzene rings is 1. The fraction of sp³-hybridized carbons (Fsp3) is 0.333. The highest BCUT2D eigenvalue weighted by Gasteiger charge is 2.35. The first kappa shape index (κ1) is 10.1. The van der Waals surface area contributed by atoms with Crippen LogP contribution in [0.1, 0.15) is 18.0 Å². The second-order valence-electron chi connectivity index (χ2n) is 4.16. The molecule has 5 heteroatoms. The van der Waals surface area contributed by atoms with Gasteiger partial charge in [-0.1, -0.05) is 18.2 Å². The van der Waals surface area contributed by atoms with Gasteiger partial charge in [0.2, 0.25) is 5.91 Å². The van der Waals surface area contributed by atoms with Crippen LogP contribution in [0.4, 0.5) is 4.79 Å². The highest BCUT2D eigenvalue weighted by atomic mass is 16.5. The molecular weight excluding hydrogens is 220 g/mol. The minimum atomic E-state index is -0.327. The van der Waals surface area contributed by atoms with Crippen LogP contribution in [0.2, 0.25) is 0 Å². The third-order valence-corrected chi connectivity index (χ3v) is 3.14. The predicted molar refractivity (Wildman–Crippen MR) is 59.5 cm³/mol. The van der Waals surface area contributed by atoms with Crippen molar-refractivity contribution in [1.82, 2.24) is 10.2 Å². The molecule has 0 saturated carbocycles. The van der Waals surface area contributed by atoms with Gasteiger partial charge in [0.1, 0.15) is 12.4 Å². The molecule has 1 saturated heterocycles. The second kappa shape index (κ2) is 3.76.